The molecule has 2 aliphatic rings. The van der Waals surface area contributed by atoms with Gasteiger partial charge in [-0.3, -0.25) is 0 Å². The van der Waals surface area contributed by atoms with Crippen molar-refractivity contribution in [2.75, 3.05) is 11.5 Å². The molecule has 3 nitrogen and oxygen atoms in total. The molecular weight excluding hydrogens is 198 g/mol. The minimum atomic E-state index is -2.71. The van der Waals surface area contributed by atoms with Gasteiger partial charge < -0.3 is 5.73 Å². The van der Waals surface area contributed by atoms with Gasteiger partial charge in [0.15, 0.2) is 9.84 Å². The molecule has 0 radical (unpaired) electrons. The Bertz CT molecular complexity index is 295. The van der Waals surface area contributed by atoms with Crippen molar-refractivity contribution in [2.24, 2.45) is 17.6 Å². The third-order valence-electron chi connectivity index (χ3n) is 3.30. The lowest BCUT2D eigenvalue weighted by molar-refractivity contribution is 0.437. The molecule has 1 aliphatic heterocycles. The molecular formula is C10H19NO2S. The molecule has 2 atom stereocenters. The third-order valence-corrected chi connectivity index (χ3v) is 5.13. The smallest absolute Gasteiger partial charge is 0.150 e. The summed E-state index contributed by atoms with van der Waals surface area (Å²) in [6, 6.07) is 0.237. The van der Waals surface area contributed by atoms with Gasteiger partial charge in [0.25, 0.3) is 0 Å². The van der Waals surface area contributed by atoms with Crippen LogP contribution in [0.2, 0.25) is 0 Å². The molecule has 1 aliphatic carbocycles. The molecule has 0 spiro atoms. The summed E-state index contributed by atoms with van der Waals surface area (Å²) in [7, 11) is -2.71. The molecule has 2 N–H and O–H groups in total. The molecule has 2 fully saturated rings. The van der Waals surface area contributed by atoms with Crippen LogP contribution in [0.25, 0.3) is 0 Å². The molecule has 14 heavy (non-hydrogen) atoms. The van der Waals surface area contributed by atoms with Crippen LogP contribution in [0.15, 0.2) is 0 Å². The van der Waals surface area contributed by atoms with Gasteiger partial charge >= 0.3 is 0 Å². The highest BCUT2D eigenvalue weighted by molar-refractivity contribution is 7.91. The Hall–Kier alpha value is -0.0900. The average Bonchev–Trinajstić information content (AvgIpc) is 2.78. The maximum atomic E-state index is 11.2. The van der Waals surface area contributed by atoms with E-state index in [0.29, 0.717) is 17.4 Å². The Balaban J connectivity index is 1.74. The Morgan fingerprint density at radius 1 is 1.14 bits per heavy atom. The van der Waals surface area contributed by atoms with Crippen LogP contribution in [-0.4, -0.2) is 26.0 Å². The van der Waals surface area contributed by atoms with Gasteiger partial charge in [-0.25, -0.2) is 8.42 Å². The van der Waals surface area contributed by atoms with E-state index in [2.05, 4.69) is 0 Å². The van der Waals surface area contributed by atoms with Gasteiger partial charge in [0.05, 0.1) is 11.5 Å². The summed E-state index contributed by atoms with van der Waals surface area (Å²) < 4.78 is 22.4. The summed E-state index contributed by atoms with van der Waals surface area (Å²) in [5, 5.41) is 0. The first kappa shape index (κ1) is 10.4. The highest BCUT2D eigenvalue weighted by Crippen LogP contribution is 2.35. The normalized spacial score (nSPS) is 33.1. The molecule has 0 aromatic rings. The van der Waals surface area contributed by atoms with Gasteiger partial charge in [0, 0.05) is 6.04 Å². The molecule has 2 unspecified atom stereocenters. The first-order valence-electron chi connectivity index (χ1n) is 5.51. The van der Waals surface area contributed by atoms with Crippen LogP contribution in [0.3, 0.4) is 0 Å². The number of sulfone groups is 1. The predicted octanol–water partition coefficient (Wildman–Crippen LogP) is 0.939. The van der Waals surface area contributed by atoms with Crippen LogP contribution in [0.5, 0.6) is 0 Å². The van der Waals surface area contributed by atoms with E-state index in [4.69, 9.17) is 5.73 Å². The van der Waals surface area contributed by atoms with Crippen molar-refractivity contribution in [1.82, 2.24) is 0 Å². The van der Waals surface area contributed by atoms with Crippen molar-refractivity contribution in [2.45, 2.75) is 38.1 Å². The van der Waals surface area contributed by atoms with Crippen molar-refractivity contribution >= 4 is 9.84 Å². The molecule has 2 rings (SSSR count). The zero-order valence-corrected chi connectivity index (χ0v) is 9.30. The Morgan fingerprint density at radius 2 is 1.79 bits per heavy atom. The summed E-state index contributed by atoms with van der Waals surface area (Å²) in [6.07, 6.45) is 5.51. The van der Waals surface area contributed by atoms with E-state index in [0.717, 1.165) is 25.2 Å². The third kappa shape index (κ3) is 2.95. The number of hydrogen-bond acceptors (Lipinski definition) is 3. The Morgan fingerprint density at radius 3 is 2.29 bits per heavy atom. The first-order valence-corrected chi connectivity index (χ1v) is 7.33. The van der Waals surface area contributed by atoms with Crippen LogP contribution in [0, 0.1) is 11.8 Å². The SMILES string of the molecule is NC(CC1CC1)CC1CCS(=O)(=O)C1. The molecule has 1 saturated heterocycles. The molecule has 82 valence electrons. The second kappa shape index (κ2) is 3.81. The molecule has 1 heterocycles. The quantitative estimate of drug-likeness (QED) is 0.762. The van der Waals surface area contributed by atoms with Crippen LogP contribution in [0.1, 0.15) is 32.1 Å². The minimum Gasteiger partial charge on any atom is -0.328 e. The fraction of sp³-hybridized carbons (Fsp3) is 1.00. The summed E-state index contributed by atoms with van der Waals surface area (Å²) in [6.45, 7) is 0. The largest absolute Gasteiger partial charge is 0.328 e. The molecule has 0 aromatic heterocycles. The summed E-state index contributed by atoms with van der Waals surface area (Å²) >= 11 is 0. The average molecular weight is 217 g/mol. The molecule has 0 amide bonds. The summed E-state index contributed by atoms with van der Waals surface area (Å²) in [5.74, 6) is 1.95. The lowest BCUT2D eigenvalue weighted by Crippen LogP contribution is -2.24. The van der Waals surface area contributed by atoms with Crippen molar-refractivity contribution < 1.29 is 8.42 Å². The van der Waals surface area contributed by atoms with Crippen LogP contribution >= 0.6 is 0 Å². The van der Waals surface area contributed by atoms with Crippen LogP contribution < -0.4 is 5.73 Å². The minimum absolute atomic E-state index is 0.237. The van der Waals surface area contributed by atoms with Gasteiger partial charge in [-0.1, -0.05) is 12.8 Å². The van der Waals surface area contributed by atoms with Crippen LogP contribution in [-0.2, 0) is 9.84 Å². The van der Waals surface area contributed by atoms with Crippen molar-refractivity contribution in [1.29, 1.82) is 0 Å². The second-order valence-electron chi connectivity index (χ2n) is 4.94. The predicted molar refractivity (Wildman–Crippen MR) is 56.7 cm³/mol. The van der Waals surface area contributed by atoms with Gasteiger partial charge in [-0.05, 0) is 31.1 Å². The monoisotopic (exact) mass is 217 g/mol. The van der Waals surface area contributed by atoms with Gasteiger partial charge in [-0.15, -0.1) is 0 Å². The molecule has 1 saturated carbocycles. The van der Waals surface area contributed by atoms with Gasteiger partial charge in [-0.2, -0.15) is 0 Å². The highest BCUT2D eigenvalue weighted by Gasteiger charge is 2.31. The Labute approximate surface area is 86.0 Å². The number of rotatable bonds is 4. The van der Waals surface area contributed by atoms with E-state index in [1.54, 1.807) is 0 Å². The van der Waals surface area contributed by atoms with Crippen molar-refractivity contribution in [3.05, 3.63) is 0 Å². The number of hydrogen-bond donors (Lipinski definition) is 1. The van der Waals surface area contributed by atoms with E-state index >= 15 is 0 Å². The highest BCUT2D eigenvalue weighted by atomic mass is 32.2. The maximum Gasteiger partial charge on any atom is 0.150 e. The lowest BCUT2D eigenvalue weighted by Gasteiger charge is -2.14. The topological polar surface area (TPSA) is 60.2 Å². The zero-order valence-electron chi connectivity index (χ0n) is 8.48. The van der Waals surface area contributed by atoms with E-state index < -0.39 is 9.84 Å². The standard InChI is InChI=1S/C10H19NO2S/c11-10(5-8-1-2-8)6-9-3-4-14(12,13)7-9/h8-10H,1-7,11H2. The molecule has 0 bridgehead atoms. The maximum absolute atomic E-state index is 11.2. The van der Waals surface area contributed by atoms with E-state index in [9.17, 15) is 8.42 Å². The fourth-order valence-corrected chi connectivity index (χ4v) is 4.24. The second-order valence-corrected chi connectivity index (χ2v) is 7.17. The number of nitrogens with two attached hydrogens (primary N) is 1. The van der Waals surface area contributed by atoms with Gasteiger partial charge in [0.2, 0.25) is 0 Å². The van der Waals surface area contributed by atoms with E-state index in [-0.39, 0.29) is 6.04 Å². The van der Waals surface area contributed by atoms with Crippen LogP contribution in [0.4, 0.5) is 0 Å². The first-order chi connectivity index (χ1) is 6.55. The summed E-state index contributed by atoms with van der Waals surface area (Å²) in [4.78, 5) is 0. The molecule has 0 aromatic carbocycles. The van der Waals surface area contributed by atoms with E-state index in [1.165, 1.54) is 12.8 Å². The zero-order chi connectivity index (χ0) is 10.2. The van der Waals surface area contributed by atoms with E-state index in [1.807, 2.05) is 0 Å². The van der Waals surface area contributed by atoms with Gasteiger partial charge in [0.1, 0.15) is 0 Å². The lowest BCUT2D eigenvalue weighted by atomic mass is 9.96. The van der Waals surface area contributed by atoms with Crippen molar-refractivity contribution in [3.63, 3.8) is 0 Å². The Kier molecular flexibility index (Phi) is 2.84. The van der Waals surface area contributed by atoms with Crippen molar-refractivity contribution in [3.8, 4) is 0 Å². The fourth-order valence-electron chi connectivity index (χ4n) is 2.36. The molecule has 4 heteroatoms. The summed E-state index contributed by atoms with van der Waals surface area (Å²) in [5.41, 5.74) is 5.99.